The largest absolute Gasteiger partial charge is 0.347 e. The van der Waals surface area contributed by atoms with E-state index in [1.165, 1.54) is 0 Å². The first-order valence-corrected chi connectivity index (χ1v) is 8.25. The summed E-state index contributed by atoms with van der Waals surface area (Å²) in [6, 6.07) is 20.7. The molecule has 26 heavy (non-hydrogen) atoms. The van der Waals surface area contributed by atoms with Crippen LogP contribution >= 0.6 is 0 Å². The first-order chi connectivity index (χ1) is 12.5. The number of carbonyl (C=O) groups excluding carboxylic acids is 1. The van der Waals surface area contributed by atoms with Gasteiger partial charge in [0.2, 0.25) is 5.71 Å². The van der Waals surface area contributed by atoms with Crippen molar-refractivity contribution in [3.8, 4) is 6.07 Å². The summed E-state index contributed by atoms with van der Waals surface area (Å²) in [5, 5.41) is 17.0. The minimum Gasteiger partial charge on any atom is -0.289 e. The van der Waals surface area contributed by atoms with Crippen molar-refractivity contribution >= 4 is 17.4 Å². The number of benzene rings is 2. The number of carbonyl (C=O) groups is 1. The molecule has 0 fully saturated rings. The summed E-state index contributed by atoms with van der Waals surface area (Å²) < 4.78 is 1.71. The summed E-state index contributed by atoms with van der Waals surface area (Å²) in [7, 11) is 0. The highest BCUT2D eigenvalue weighted by atomic mass is 16.1. The molecule has 0 spiro atoms. The van der Waals surface area contributed by atoms with Crippen molar-refractivity contribution in [2.45, 2.75) is 19.4 Å². The molecule has 3 rings (SSSR count). The lowest BCUT2D eigenvalue weighted by atomic mass is 9.88. The van der Waals surface area contributed by atoms with E-state index in [4.69, 9.17) is 5.41 Å². The van der Waals surface area contributed by atoms with Gasteiger partial charge in [0.1, 0.15) is 0 Å². The van der Waals surface area contributed by atoms with Crippen LogP contribution in [0.3, 0.4) is 0 Å². The van der Waals surface area contributed by atoms with Gasteiger partial charge >= 0.3 is 5.70 Å². The van der Waals surface area contributed by atoms with Gasteiger partial charge in [-0.2, -0.15) is 9.84 Å². The van der Waals surface area contributed by atoms with Crippen LogP contribution in [0.4, 0.5) is 0 Å². The van der Waals surface area contributed by atoms with Gasteiger partial charge in [-0.25, -0.2) is 0 Å². The Labute approximate surface area is 152 Å². The Bertz CT molecular complexity index is 1020. The maximum Gasteiger partial charge on any atom is 0.347 e. The number of allylic oxidation sites excluding steroid dienone is 2. The van der Waals surface area contributed by atoms with Crippen LogP contribution in [0, 0.1) is 16.7 Å². The number of Topliss-reactive ketones (excluding diaryl/α,β-unsaturated/α-hetero) is 1. The second-order valence-corrected chi connectivity index (χ2v) is 6.48. The van der Waals surface area contributed by atoms with Crippen molar-refractivity contribution in [2.75, 3.05) is 0 Å². The van der Waals surface area contributed by atoms with Gasteiger partial charge < -0.3 is 0 Å². The van der Waals surface area contributed by atoms with E-state index in [9.17, 15) is 10.1 Å². The van der Waals surface area contributed by atoms with Crippen LogP contribution in [0.5, 0.6) is 0 Å². The highest BCUT2D eigenvalue weighted by molar-refractivity contribution is 6.18. The Morgan fingerprint density at radius 3 is 2.15 bits per heavy atom. The van der Waals surface area contributed by atoms with E-state index in [1.807, 2.05) is 74.5 Å². The van der Waals surface area contributed by atoms with Gasteiger partial charge in [0, 0.05) is 31.1 Å². The predicted molar refractivity (Wildman–Crippen MR) is 101 cm³/mol. The maximum absolute atomic E-state index is 13.1. The first kappa shape index (κ1) is 17.3. The number of hydrogen-bond acceptors (Lipinski definition) is 3. The monoisotopic (exact) mass is 340 g/mol. The number of rotatable bonds is 4. The number of hydrogen-bond donors (Lipinski definition) is 1. The summed E-state index contributed by atoms with van der Waals surface area (Å²) in [5.74, 6) is 2.13. The lowest BCUT2D eigenvalue weighted by Crippen LogP contribution is -2.39. The molecular weight excluding hydrogens is 322 g/mol. The second-order valence-electron chi connectivity index (χ2n) is 6.48. The molecule has 4 nitrogen and oxygen atoms in total. The predicted octanol–water partition coefficient (Wildman–Crippen LogP) is 3.75. The lowest BCUT2D eigenvalue weighted by Gasteiger charge is -2.19. The molecule has 0 aliphatic carbocycles. The maximum atomic E-state index is 13.1. The molecule has 0 bridgehead atoms. The quantitative estimate of drug-likeness (QED) is 0.399. The van der Waals surface area contributed by atoms with Gasteiger partial charge in [0.25, 0.3) is 0 Å². The number of nitriles is 1. The van der Waals surface area contributed by atoms with Crippen LogP contribution in [0.2, 0.25) is 0 Å². The van der Waals surface area contributed by atoms with Crippen LogP contribution in [-0.4, -0.2) is 27.5 Å². The van der Waals surface area contributed by atoms with Crippen molar-refractivity contribution in [1.29, 1.82) is 10.7 Å². The van der Waals surface area contributed by atoms with Crippen molar-refractivity contribution in [3.63, 3.8) is 0 Å². The van der Waals surface area contributed by atoms with Gasteiger partial charge in [-0.1, -0.05) is 48.5 Å². The SMILES string of the molecule is CC1(C)C(C(=O)c2ccccc2)=CC(c2ccccc2)=[N+]1C(=C=N)C#N. The van der Waals surface area contributed by atoms with Crippen molar-refractivity contribution in [3.05, 3.63) is 89.1 Å². The number of ketones is 1. The molecule has 2 aromatic carbocycles. The molecule has 0 amide bonds. The average molecular weight is 340 g/mol. The molecule has 0 saturated heterocycles. The van der Waals surface area contributed by atoms with Gasteiger partial charge in [0.05, 0.1) is 11.4 Å². The van der Waals surface area contributed by atoms with Crippen molar-refractivity contribution < 1.29 is 9.37 Å². The fraction of sp³-hybridized carbons (Fsp3) is 0.136. The average Bonchev–Trinajstić information content (AvgIpc) is 2.95. The van der Waals surface area contributed by atoms with Crippen molar-refractivity contribution in [1.82, 2.24) is 0 Å². The minimum absolute atomic E-state index is 0.0703. The Morgan fingerprint density at radius 2 is 1.62 bits per heavy atom. The summed E-state index contributed by atoms with van der Waals surface area (Å²) >= 11 is 0. The molecule has 4 heteroatoms. The van der Waals surface area contributed by atoms with Crippen LogP contribution < -0.4 is 0 Å². The van der Waals surface area contributed by atoms with E-state index in [1.54, 1.807) is 16.7 Å². The molecule has 0 radical (unpaired) electrons. The van der Waals surface area contributed by atoms with E-state index in [0.717, 1.165) is 5.56 Å². The normalized spacial score (nSPS) is 15.0. The molecule has 0 atom stereocenters. The smallest absolute Gasteiger partial charge is 0.289 e. The zero-order valence-corrected chi connectivity index (χ0v) is 14.7. The third kappa shape index (κ3) is 2.82. The van der Waals surface area contributed by atoms with Crippen LogP contribution in [0.1, 0.15) is 29.8 Å². The number of nitrogens with zero attached hydrogens (tertiary/aromatic N) is 2. The highest BCUT2D eigenvalue weighted by Crippen LogP contribution is 2.33. The third-order valence-electron chi connectivity index (χ3n) is 4.54. The summed E-state index contributed by atoms with van der Waals surface area (Å²) in [6.07, 6.45) is 1.82. The zero-order valence-electron chi connectivity index (χ0n) is 14.7. The van der Waals surface area contributed by atoms with E-state index >= 15 is 0 Å². The molecule has 1 heterocycles. The fourth-order valence-corrected chi connectivity index (χ4v) is 3.24. The summed E-state index contributed by atoms with van der Waals surface area (Å²) in [6.45, 7) is 3.76. The second kappa shape index (κ2) is 6.76. The minimum atomic E-state index is -0.781. The first-order valence-electron chi connectivity index (χ1n) is 8.25. The van der Waals surface area contributed by atoms with Gasteiger partial charge in [0.15, 0.2) is 17.4 Å². The summed E-state index contributed by atoms with van der Waals surface area (Å²) in [4.78, 5) is 13.1. The Morgan fingerprint density at radius 1 is 1.04 bits per heavy atom. The molecule has 1 N–H and O–H groups in total. The molecule has 2 aromatic rings. The molecule has 1 aliphatic heterocycles. The standard InChI is InChI=1S/C22H18N3O/c1-22(2)19(21(26)17-11-7-4-8-12-17)13-20(16-9-5-3-6-10-16)25(22)18(14-23)15-24/h3-13,23H,1-2H3/q+1. The van der Waals surface area contributed by atoms with Crippen molar-refractivity contribution in [2.24, 2.45) is 0 Å². The molecule has 0 saturated carbocycles. The van der Waals surface area contributed by atoms with Crippen LogP contribution in [-0.2, 0) is 0 Å². The Kier molecular flexibility index (Phi) is 4.49. The van der Waals surface area contributed by atoms with Gasteiger partial charge in [-0.3, -0.25) is 10.2 Å². The van der Waals surface area contributed by atoms with E-state index in [-0.39, 0.29) is 11.5 Å². The van der Waals surface area contributed by atoms with E-state index in [0.29, 0.717) is 16.8 Å². The fourth-order valence-electron chi connectivity index (χ4n) is 3.24. The zero-order chi connectivity index (χ0) is 18.7. The summed E-state index contributed by atoms with van der Waals surface area (Å²) in [5.41, 5.74) is 2.05. The Balaban J connectivity index is 2.21. The van der Waals surface area contributed by atoms with Gasteiger partial charge in [-0.15, -0.1) is 0 Å². The Hall–Kier alpha value is -3.54. The van der Waals surface area contributed by atoms with Crippen LogP contribution in [0.15, 0.2) is 78.0 Å². The third-order valence-corrected chi connectivity index (χ3v) is 4.54. The molecule has 126 valence electrons. The number of nitrogens with one attached hydrogen (secondary N) is 1. The van der Waals surface area contributed by atoms with Gasteiger partial charge in [-0.05, 0) is 12.1 Å². The van der Waals surface area contributed by atoms with E-state index in [2.05, 4.69) is 5.87 Å². The molecular formula is C22H18N3O+. The molecule has 0 aromatic heterocycles. The molecule has 0 unspecified atom stereocenters. The van der Waals surface area contributed by atoms with E-state index < -0.39 is 5.54 Å². The molecule has 1 aliphatic rings. The highest BCUT2D eigenvalue weighted by Gasteiger charge is 2.48. The topological polar surface area (TPSA) is 67.7 Å². The lowest BCUT2D eigenvalue weighted by molar-refractivity contribution is -0.531. The van der Waals surface area contributed by atoms with Crippen LogP contribution in [0.25, 0.3) is 0 Å².